The van der Waals surface area contributed by atoms with Gasteiger partial charge in [-0.25, -0.2) is 9.97 Å². The van der Waals surface area contributed by atoms with Crippen LogP contribution in [-0.2, 0) is 6.42 Å². The highest BCUT2D eigenvalue weighted by atomic mass is 35.5. The molecule has 0 spiro atoms. The van der Waals surface area contributed by atoms with Crippen LogP contribution in [0.3, 0.4) is 0 Å². The highest BCUT2D eigenvalue weighted by Gasteiger charge is 2.11. The topological polar surface area (TPSA) is 66.9 Å². The molecule has 1 heterocycles. The van der Waals surface area contributed by atoms with Crippen LogP contribution in [0, 0.1) is 12.8 Å². The van der Waals surface area contributed by atoms with Crippen molar-refractivity contribution in [2.75, 3.05) is 18.4 Å². The Bertz CT molecular complexity index is 750. The highest BCUT2D eigenvalue weighted by Crippen LogP contribution is 2.21. The minimum absolute atomic E-state index is 0.192. The lowest BCUT2D eigenvalue weighted by molar-refractivity contribution is 0.0943. The summed E-state index contributed by atoms with van der Waals surface area (Å²) in [7, 11) is 0. The molecule has 0 atom stereocenters. The smallest absolute Gasteiger partial charge is 0.270 e. The first-order valence-electron chi connectivity index (χ1n) is 8.17. The zero-order valence-corrected chi connectivity index (χ0v) is 16.1. The van der Waals surface area contributed by atoms with E-state index < -0.39 is 0 Å². The van der Waals surface area contributed by atoms with Crippen LogP contribution in [0.25, 0.3) is 0 Å². The average Bonchev–Trinajstić information content (AvgIpc) is 2.54. The highest BCUT2D eigenvalue weighted by molar-refractivity contribution is 6.35. The number of nitrogens with zero attached hydrogens (tertiary/aromatic N) is 2. The summed E-state index contributed by atoms with van der Waals surface area (Å²) in [5, 5.41) is 7.33. The van der Waals surface area contributed by atoms with Crippen LogP contribution in [0.1, 0.15) is 35.7 Å². The van der Waals surface area contributed by atoms with Gasteiger partial charge in [0.25, 0.3) is 5.91 Å². The lowest BCUT2D eigenvalue weighted by Crippen LogP contribution is -2.28. The minimum atomic E-state index is -0.192. The largest absolute Gasteiger partial charge is 0.370 e. The van der Waals surface area contributed by atoms with Gasteiger partial charge >= 0.3 is 0 Å². The molecular weight excluding hydrogens is 359 g/mol. The first-order chi connectivity index (χ1) is 11.8. The van der Waals surface area contributed by atoms with Gasteiger partial charge in [0, 0.05) is 29.2 Å². The van der Waals surface area contributed by atoms with E-state index in [0.717, 1.165) is 5.56 Å². The molecule has 0 saturated carbocycles. The minimum Gasteiger partial charge on any atom is -0.370 e. The Morgan fingerprint density at radius 2 is 1.96 bits per heavy atom. The summed E-state index contributed by atoms with van der Waals surface area (Å²) in [5.74, 6) is 1.35. The molecule has 2 N–H and O–H groups in total. The summed E-state index contributed by atoms with van der Waals surface area (Å²) < 4.78 is 0. The van der Waals surface area contributed by atoms with E-state index in [2.05, 4.69) is 20.6 Å². The second-order valence-corrected chi connectivity index (χ2v) is 7.05. The Labute approximate surface area is 158 Å². The summed E-state index contributed by atoms with van der Waals surface area (Å²) in [6.45, 7) is 7.09. The van der Waals surface area contributed by atoms with Gasteiger partial charge in [-0.15, -0.1) is 0 Å². The first kappa shape index (κ1) is 19.5. The van der Waals surface area contributed by atoms with E-state index >= 15 is 0 Å². The molecule has 134 valence electrons. The molecule has 0 fully saturated rings. The Kier molecular flexibility index (Phi) is 7.02. The second kappa shape index (κ2) is 9.02. The van der Waals surface area contributed by atoms with Gasteiger partial charge in [-0.3, -0.25) is 4.79 Å². The fourth-order valence-corrected chi connectivity index (χ4v) is 2.71. The maximum Gasteiger partial charge on any atom is 0.270 e. The van der Waals surface area contributed by atoms with E-state index in [4.69, 9.17) is 23.2 Å². The molecule has 0 radical (unpaired) electrons. The van der Waals surface area contributed by atoms with Crippen molar-refractivity contribution in [2.24, 2.45) is 5.92 Å². The van der Waals surface area contributed by atoms with Crippen molar-refractivity contribution in [3.63, 3.8) is 0 Å². The maximum atomic E-state index is 12.2. The van der Waals surface area contributed by atoms with Gasteiger partial charge in [0.2, 0.25) is 0 Å². The van der Waals surface area contributed by atoms with Crippen LogP contribution >= 0.6 is 23.2 Å². The predicted molar refractivity (Wildman–Crippen MR) is 103 cm³/mol. The molecule has 0 bridgehead atoms. The Hall–Kier alpha value is -1.85. The Morgan fingerprint density at radius 1 is 1.20 bits per heavy atom. The lowest BCUT2D eigenvalue weighted by atomic mass is 10.1. The number of benzene rings is 1. The number of carbonyl (C=O) groups is 1. The predicted octanol–water partition coefficient (Wildman–Crippen LogP) is 4.13. The van der Waals surface area contributed by atoms with Crippen molar-refractivity contribution >= 4 is 34.9 Å². The molecule has 2 aromatic rings. The third-order valence-corrected chi connectivity index (χ3v) is 4.04. The second-order valence-electron chi connectivity index (χ2n) is 6.20. The van der Waals surface area contributed by atoms with E-state index in [-0.39, 0.29) is 5.91 Å². The molecule has 0 aliphatic heterocycles. The van der Waals surface area contributed by atoms with E-state index in [9.17, 15) is 4.79 Å². The van der Waals surface area contributed by atoms with E-state index in [1.807, 2.05) is 26.0 Å². The van der Waals surface area contributed by atoms with Crippen LogP contribution in [0.5, 0.6) is 0 Å². The van der Waals surface area contributed by atoms with Crippen LogP contribution in [-0.4, -0.2) is 29.0 Å². The van der Waals surface area contributed by atoms with Crippen LogP contribution < -0.4 is 10.6 Å². The zero-order chi connectivity index (χ0) is 18.4. The summed E-state index contributed by atoms with van der Waals surface area (Å²) >= 11 is 12.1. The van der Waals surface area contributed by atoms with E-state index in [1.54, 1.807) is 19.1 Å². The quantitative estimate of drug-likeness (QED) is 0.757. The molecule has 0 aliphatic carbocycles. The van der Waals surface area contributed by atoms with Crippen LogP contribution in [0.15, 0.2) is 24.3 Å². The van der Waals surface area contributed by atoms with Crippen molar-refractivity contribution in [3.8, 4) is 0 Å². The number of halogens is 2. The van der Waals surface area contributed by atoms with Crippen molar-refractivity contribution in [3.05, 3.63) is 51.4 Å². The van der Waals surface area contributed by atoms with Crippen molar-refractivity contribution in [2.45, 2.75) is 27.2 Å². The van der Waals surface area contributed by atoms with Gasteiger partial charge in [0.1, 0.15) is 17.3 Å². The number of nitrogens with one attached hydrogen (secondary N) is 2. The van der Waals surface area contributed by atoms with Gasteiger partial charge in [-0.1, -0.05) is 43.1 Å². The fourth-order valence-electron chi connectivity index (χ4n) is 2.21. The SMILES string of the molecule is Cc1nc(NCCc2ccc(Cl)cc2Cl)cc(C(=O)NCC(C)C)n1. The molecule has 0 saturated heterocycles. The third kappa shape index (κ3) is 6.18. The number of hydrogen-bond acceptors (Lipinski definition) is 4. The Balaban J connectivity index is 1.98. The van der Waals surface area contributed by atoms with Crippen molar-refractivity contribution < 1.29 is 4.79 Å². The van der Waals surface area contributed by atoms with E-state index in [0.29, 0.717) is 52.8 Å². The summed E-state index contributed by atoms with van der Waals surface area (Å²) in [5.41, 5.74) is 1.36. The monoisotopic (exact) mass is 380 g/mol. The molecule has 0 unspecified atom stereocenters. The maximum absolute atomic E-state index is 12.2. The van der Waals surface area contributed by atoms with Crippen LogP contribution in [0.2, 0.25) is 10.0 Å². The van der Waals surface area contributed by atoms with Crippen molar-refractivity contribution in [1.82, 2.24) is 15.3 Å². The third-order valence-electron chi connectivity index (χ3n) is 3.46. The molecule has 1 amide bonds. The van der Waals surface area contributed by atoms with Crippen molar-refractivity contribution in [1.29, 1.82) is 0 Å². The zero-order valence-electron chi connectivity index (χ0n) is 14.6. The lowest BCUT2D eigenvalue weighted by Gasteiger charge is -2.11. The van der Waals surface area contributed by atoms with Crippen LogP contribution in [0.4, 0.5) is 5.82 Å². The molecule has 7 heteroatoms. The molecule has 0 aliphatic rings. The van der Waals surface area contributed by atoms with Gasteiger partial charge in [0.05, 0.1) is 0 Å². The number of rotatable bonds is 7. The summed E-state index contributed by atoms with van der Waals surface area (Å²) in [4.78, 5) is 20.7. The summed E-state index contributed by atoms with van der Waals surface area (Å²) in [6.07, 6.45) is 0.716. The molecular formula is C18H22Cl2N4O. The number of carbonyl (C=O) groups excluding carboxylic acids is 1. The molecule has 25 heavy (non-hydrogen) atoms. The number of amides is 1. The van der Waals surface area contributed by atoms with Gasteiger partial charge in [0.15, 0.2) is 0 Å². The molecule has 2 rings (SSSR count). The Morgan fingerprint density at radius 3 is 2.64 bits per heavy atom. The normalized spacial score (nSPS) is 10.8. The van der Waals surface area contributed by atoms with Gasteiger partial charge < -0.3 is 10.6 Å². The first-order valence-corrected chi connectivity index (χ1v) is 8.92. The standard InChI is InChI=1S/C18H22Cl2N4O/c1-11(2)10-22-18(25)16-9-17(24-12(3)23-16)21-7-6-13-4-5-14(19)8-15(13)20/h4-5,8-9,11H,6-7,10H2,1-3H3,(H,22,25)(H,21,23,24). The molecule has 5 nitrogen and oxygen atoms in total. The van der Waals surface area contributed by atoms with E-state index in [1.165, 1.54) is 0 Å². The number of aromatic nitrogens is 2. The van der Waals surface area contributed by atoms with Gasteiger partial charge in [-0.05, 0) is 37.0 Å². The van der Waals surface area contributed by atoms with Gasteiger partial charge in [-0.2, -0.15) is 0 Å². The summed E-state index contributed by atoms with van der Waals surface area (Å²) in [6, 6.07) is 7.10. The molecule has 1 aromatic carbocycles. The number of hydrogen-bond donors (Lipinski definition) is 2. The average molecular weight is 381 g/mol. The number of aryl methyl sites for hydroxylation is 1. The number of anilines is 1. The fraction of sp³-hybridized carbons (Fsp3) is 0.389. The molecule has 1 aromatic heterocycles.